The van der Waals surface area contributed by atoms with E-state index in [9.17, 15) is 4.79 Å². The fourth-order valence-corrected chi connectivity index (χ4v) is 1.96. The van der Waals surface area contributed by atoms with Gasteiger partial charge in [0.2, 0.25) is 5.90 Å². The van der Waals surface area contributed by atoms with E-state index in [4.69, 9.17) is 16.3 Å². The van der Waals surface area contributed by atoms with Gasteiger partial charge in [-0.2, -0.15) is 0 Å². The highest BCUT2D eigenvalue weighted by Crippen LogP contribution is 2.23. The summed E-state index contributed by atoms with van der Waals surface area (Å²) >= 11 is 6.03. The van der Waals surface area contributed by atoms with Gasteiger partial charge < -0.3 is 4.74 Å². The third-order valence-corrected chi connectivity index (χ3v) is 2.87. The van der Waals surface area contributed by atoms with Crippen LogP contribution in [0.3, 0.4) is 0 Å². The van der Waals surface area contributed by atoms with E-state index >= 15 is 0 Å². The van der Waals surface area contributed by atoms with Crippen molar-refractivity contribution in [2.24, 2.45) is 10.9 Å². The molecule has 0 saturated heterocycles. The Kier molecular flexibility index (Phi) is 3.48. The summed E-state index contributed by atoms with van der Waals surface area (Å²) in [6.45, 7) is 4.10. The van der Waals surface area contributed by atoms with Crippen molar-refractivity contribution in [3.63, 3.8) is 0 Å². The SMILES string of the molecule is CC(C)CC1N=C(c2ccccc2Cl)OC1=O. The van der Waals surface area contributed by atoms with E-state index in [0.717, 1.165) is 0 Å². The minimum Gasteiger partial charge on any atom is -0.406 e. The van der Waals surface area contributed by atoms with Gasteiger partial charge in [-0.3, -0.25) is 0 Å². The molecule has 0 saturated carbocycles. The van der Waals surface area contributed by atoms with Crippen LogP contribution >= 0.6 is 11.6 Å². The molecule has 0 N–H and O–H groups in total. The number of halogens is 1. The van der Waals surface area contributed by atoms with Gasteiger partial charge in [-0.05, 0) is 24.5 Å². The summed E-state index contributed by atoms with van der Waals surface area (Å²) in [6.07, 6.45) is 0.701. The largest absolute Gasteiger partial charge is 0.406 e. The third-order valence-electron chi connectivity index (χ3n) is 2.54. The van der Waals surface area contributed by atoms with Crippen LogP contribution in [-0.4, -0.2) is 17.9 Å². The van der Waals surface area contributed by atoms with Crippen LogP contribution in [0.25, 0.3) is 0 Å². The highest BCUT2D eigenvalue weighted by atomic mass is 35.5. The second kappa shape index (κ2) is 4.88. The maximum Gasteiger partial charge on any atom is 0.337 e. The Morgan fingerprint density at radius 2 is 2.12 bits per heavy atom. The Hall–Kier alpha value is -1.35. The lowest BCUT2D eigenvalue weighted by Gasteiger charge is -2.05. The molecule has 0 amide bonds. The van der Waals surface area contributed by atoms with Gasteiger partial charge in [0.05, 0.1) is 10.6 Å². The molecular weight excluding hydrogens is 238 g/mol. The molecule has 1 unspecified atom stereocenters. The molecule has 0 aromatic heterocycles. The van der Waals surface area contributed by atoms with Crippen molar-refractivity contribution >= 4 is 23.5 Å². The van der Waals surface area contributed by atoms with Crippen LogP contribution in [0.15, 0.2) is 29.3 Å². The van der Waals surface area contributed by atoms with Crippen LogP contribution in [0, 0.1) is 5.92 Å². The average Bonchev–Trinajstić information content (AvgIpc) is 2.60. The van der Waals surface area contributed by atoms with Crippen LogP contribution in [-0.2, 0) is 9.53 Å². The van der Waals surface area contributed by atoms with E-state index in [1.165, 1.54) is 0 Å². The standard InChI is InChI=1S/C13H14ClNO2/c1-8(2)7-11-13(16)17-12(15-11)9-5-3-4-6-10(9)14/h3-6,8,11H,7H2,1-2H3. The Labute approximate surface area is 105 Å². The average molecular weight is 252 g/mol. The van der Waals surface area contributed by atoms with E-state index in [-0.39, 0.29) is 12.0 Å². The van der Waals surface area contributed by atoms with Gasteiger partial charge in [-0.15, -0.1) is 0 Å². The molecule has 0 fully saturated rings. The normalized spacial score (nSPS) is 19.4. The Balaban J connectivity index is 2.24. The summed E-state index contributed by atoms with van der Waals surface area (Å²) in [5.41, 5.74) is 0.675. The number of benzene rings is 1. The lowest BCUT2D eigenvalue weighted by molar-refractivity contribution is -0.135. The van der Waals surface area contributed by atoms with Crippen LogP contribution in [0.2, 0.25) is 5.02 Å². The molecule has 90 valence electrons. The molecule has 1 atom stereocenters. The molecular formula is C13H14ClNO2. The smallest absolute Gasteiger partial charge is 0.337 e. The predicted molar refractivity (Wildman–Crippen MR) is 67.3 cm³/mol. The molecule has 0 aliphatic carbocycles. The zero-order valence-electron chi connectivity index (χ0n) is 9.81. The summed E-state index contributed by atoms with van der Waals surface area (Å²) < 4.78 is 5.17. The Morgan fingerprint density at radius 1 is 1.41 bits per heavy atom. The van der Waals surface area contributed by atoms with Crippen LogP contribution in [0.5, 0.6) is 0 Å². The summed E-state index contributed by atoms with van der Waals surface area (Å²) in [7, 11) is 0. The van der Waals surface area contributed by atoms with Gasteiger partial charge in [-0.25, -0.2) is 9.79 Å². The van der Waals surface area contributed by atoms with Crippen molar-refractivity contribution in [2.45, 2.75) is 26.3 Å². The number of ether oxygens (including phenoxy) is 1. The highest BCUT2D eigenvalue weighted by Gasteiger charge is 2.30. The molecule has 2 rings (SSSR count). The van der Waals surface area contributed by atoms with Gasteiger partial charge in [0, 0.05) is 0 Å². The number of hydrogen-bond acceptors (Lipinski definition) is 3. The van der Waals surface area contributed by atoms with Gasteiger partial charge in [0.15, 0.2) is 6.04 Å². The maximum absolute atomic E-state index is 11.6. The molecule has 0 bridgehead atoms. The molecule has 1 aliphatic heterocycles. The van der Waals surface area contributed by atoms with Crippen molar-refractivity contribution in [3.05, 3.63) is 34.9 Å². The molecule has 1 aromatic carbocycles. The van der Waals surface area contributed by atoms with E-state index in [2.05, 4.69) is 18.8 Å². The number of carbonyl (C=O) groups excluding carboxylic acids is 1. The number of carbonyl (C=O) groups is 1. The molecule has 17 heavy (non-hydrogen) atoms. The second-order valence-corrected chi connectivity index (χ2v) is 4.89. The number of rotatable bonds is 3. The molecule has 3 nitrogen and oxygen atoms in total. The first-order valence-corrected chi connectivity index (χ1v) is 6.00. The first-order valence-electron chi connectivity index (χ1n) is 5.62. The van der Waals surface area contributed by atoms with Crippen molar-refractivity contribution in [3.8, 4) is 0 Å². The van der Waals surface area contributed by atoms with E-state index in [1.54, 1.807) is 12.1 Å². The topological polar surface area (TPSA) is 38.7 Å². The molecule has 0 spiro atoms. The third kappa shape index (κ3) is 2.67. The van der Waals surface area contributed by atoms with E-state index in [0.29, 0.717) is 28.8 Å². The van der Waals surface area contributed by atoms with Crippen molar-refractivity contribution in [2.75, 3.05) is 0 Å². The molecule has 0 radical (unpaired) electrons. The number of aliphatic imine (C=N–C) groups is 1. The van der Waals surface area contributed by atoms with Crippen LogP contribution in [0.4, 0.5) is 0 Å². The highest BCUT2D eigenvalue weighted by molar-refractivity contribution is 6.34. The van der Waals surface area contributed by atoms with Crippen molar-refractivity contribution in [1.82, 2.24) is 0 Å². The molecule has 1 heterocycles. The summed E-state index contributed by atoms with van der Waals surface area (Å²) in [6, 6.07) is 6.83. The van der Waals surface area contributed by atoms with Gasteiger partial charge in [-0.1, -0.05) is 37.6 Å². The first-order chi connectivity index (χ1) is 8.08. The Bertz CT molecular complexity index is 468. The fraction of sp³-hybridized carbons (Fsp3) is 0.385. The second-order valence-electron chi connectivity index (χ2n) is 4.48. The summed E-state index contributed by atoms with van der Waals surface area (Å²) in [5, 5.41) is 0.546. The monoisotopic (exact) mass is 251 g/mol. The number of hydrogen-bond donors (Lipinski definition) is 0. The fourth-order valence-electron chi connectivity index (χ4n) is 1.74. The minimum atomic E-state index is -0.388. The quantitative estimate of drug-likeness (QED) is 0.775. The summed E-state index contributed by atoms with van der Waals surface area (Å²) in [5.74, 6) is 0.460. The molecule has 1 aliphatic rings. The number of nitrogens with zero attached hydrogens (tertiary/aromatic N) is 1. The van der Waals surface area contributed by atoms with E-state index in [1.807, 2.05) is 12.1 Å². The van der Waals surface area contributed by atoms with Crippen molar-refractivity contribution in [1.29, 1.82) is 0 Å². The summed E-state index contributed by atoms with van der Waals surface area (Å²) in [4.78, 5) is 15.9. The maximum atomic E-state index is 11.6. The number of cyclic esters (lactones) is 1. The zero-order chi connectivity index (χ0) is 12.4. The zero-order valence-corrected chi connectivity index (χ0v) is 10.6. The van der Waals surface area contributed by atoms with Gasteiger partial charge >= 0.3 is 5.97 Å². The predicted octanol–water partition coefficient (Wildman–Crippen LogP) is 3.06. The van der Waals surface area contributed by atoms with Gasteiger partial charge in [0.25, 0.3) is 0 Å². The molecule has 4 heteroatoms. The van der Waals surface area contributed by atoms with Crippen molar-refractivity contribution < 1.29 is 9.53 Å². The lowest BCUT2D eigenvalue weighted by Crippen LogP contribution is -2.17. The van der Waals surface area contributed by atoms with Gasteiger partial charge in [0.1, 0.15) is 0 Å². The van der Waals surface area contributed by atoms with Crippen LogP contribution < -0.4 is 0 Å². The minimum absolute atomic E-state index is 0.284. The van der Waals surface area contributed by atoms with E-state index < -0.39 is 0 Å². The van der Waals surface area contributed by atoms with Crippen LogP contribution in [0.1, 0.15) is 25.8 Å². The lowest BCUT2D eigenvalue weighted by atomic mass is 10.1. The number of esters is 1. The molecule has 1 aromatic rings. The first kappa shape index (κ1) is 12.1. The Morgan fingerprint density at radius 3 is 2.76 bits per heavy atom.